The van der Waals surface area contributed by atoms with Crippen LogP contribution in [-0.2, 0) is 11.2 Å². The third-order valence-electron chi connectivity index (χ3n) is 3.60. The maximum Gasteiger partial charge on any atom is 0.258 e. The van der Waals surface area contributed by atoms with E-state index in [1.54, 1.807) is 0 Å². The summed E-state index contributed by atoms with van der Waals surface area (Å²) in [6, 6.07) is 13.8. The Morgan fingerprint density at radius 3 is 2.46 bits per heavy atom. The molecule has 0 atom stereocenters. The molecule has 0 aliphatic carbocycles. The second-order valence-corrected chi connectivity index (χ2v) is 5.77. The molecule has 0 saturated carbocycles. The van der Waals surface area contributed by atoms with E-state index in [-0.39, 0.29) is 12.5 Å². The first-order valence-corrected chi connectivity index (χ1v) is 8.27. The van der Waals surface area contributed by atoms with Crippen LogP contribution < -0.4 is 14.8 Å². The van der Waals surface area contributed by atoms with E-state index in [9.17, 15) is 4.79 Å². The lowest BCUT2D eigenvalue weighted by Crippen LogP contribution is -2.32. The lowest BCUT2D eigenvalue weighted by atomic mass is 10.1. The van der Waals surface area contributed by atoms with Crippen LogP contribution in [0.2, 0.25) is 0 Å². The van der Waals surface area contributed by atoms with Gasteiger partial charge >= 0.3 is 0 Å². The average Bonchev–Trinajstić information content (AvgIpc) is 2.56. The lowest BCUT2D eigenvalue weighted by molar-refractivity contribution is -0.123. The number of para-hydroxylation sites is 1. The SMILES string of the molecule is CCc1ccccc1OCC(=O)NCCOc1cc(C)cc(C)c1. The third kappa shape index (κ3) is 5.61. The van der Waals surface area contributed by atoms with Gasteiger partial charge in [0.15, 0.2) is 6.61 Å². The number of aryl methyl sites for hydroxylation is 3. The van der Waals surface area contributed by atoms with Crippen molar-refractivity contribution in [1.82, 2.24) is 5.32 Å². The van der Waals surface area contributed by atoms with Gasteiger partial charge in [-0.3, -0.25) is 4.79 Å². The number of benzene rings is 2. The van der Waals surface area contributed by atoms with Crippen molar-refractivity contribution in [2.75, 3.05) is 19.8 Å². The molecule has 4 nitrogen and oxygen atoms in total. The van der Waals surface area contributed by atoms with Gasteiger partial charge in [-0.25, -0.2) is 0 Å². The number of nitrogens with one attached hydrogen (secondary N) is 1. The van der Waals surface area contributed by atoms with Crippen LogP contribution in [0.5, 0.6) is 11.5 Å². The van der Waals surface area contributed by atoms with Crippen molar-refractivity contribution in [1.29, 1.82) is 0 Å². The molecule has 0 aliphatic rings. The molecule has 0 unspecified atom stereocenters. The molecule has 4 heteroatoms. The Morgan fingerprint density at radius 2 is 1.75 bits per heavy atom. The molecule has 0 spiro atoms. The van der Waals surface area contributed by atoms with E-state index in [0.717, 1.165) is 34.6 Å². The normalized spacial score (nSPS) is 10.3. The van der Waals surface area contributed by atoms with Crippen molar-refractivity contribution in [3.05, 3.63) is 59.2 Å². The zero-order chi connectivity index (χ0) is 17.4. The summed E-state index contributed by atoms with van der Waals surface area (Å²) in [6.07, 6.45) is 0.877. The Kier molecular flexibility index (Phi) is 6.67. The molecule has 0 saturated heterocycles. The second kappa shape index (κ2) is 8.96. The van der Waals surface area contributed by atoms with Crippen molar-refractivity contribution in [2.45, 2.75) is 27.2 Å². The van der Waals surface area contributed by atoms with E-state index in [1.807, 2.05) is 50.2 Å². The summed E-state index contributed by atoms with van der Waals surface area (Å²) in [4.78, 5) is 11.8. The van der Waals surface area contributed by atoms with Crippen LogP contribution in [0.3, 0.4) is 0 Å². The minimum absolute atomic E-state index is 0.0145. The van der Waals surface area contributed by atoms with Gasteiger partial charge in [-0.05, 0) is 55.2 Å². The fourth-order valence-corrected chi connectivity index (χ4v) is 2.51. The van der Waals surface area contributed by atoms with Crippen molar-refractivity contribution >= 4 is 5.91 Å². The molecule has 2 aromatic rings. The summed E-state index contributed by atoms with van der Waals surface area (Å²) in [5, 5.41) is 2.80. The molecule has 1 amide bonds. The molecule has 24 heavy (non-hydrogen) atoms. The highest BCUT2D eigenvalue weighted by molar-refractivity contribution is 5.77. The third-order valence-corrected chi connectivity index (χ3v) is 3.60. The van der Waals surface area contributed by atoms with Crippen LogP contribution in [0.25, 0.3) is 0 Å². The number of ether oxygens (including phenoxy) is 2. The number of carbonyl (C=O) groups is 1. The molecule has 0 bridgehead atoms. The zero-order valence-electron chi connectivity index (χ0n) is 14.6. The van der Waals surface area contributed by atoms with E-state index in [0.29, 0.717) is 13.2 Å². The van der Waals surface area contributed by atoms with Gasteiger partial charge in [0.25, 0.3) is 5.91 Å². The summed E-state index contributed by atoms with van der Waals surface area (Å²) >= 11 is 0. The summed E-state index contributed by atoms with van der Waals surface area (Å²) in [5.74, 6) is 1.45. The number of carbonyl (C=O) groups excluding carboxylic acids is 1. The fraction of sp³-hybridized carbons (Fsp3) is 0.350. The summed E-state index contributed by atoms with van der Waals surface area (Å²) in [7, 11) is 0. The van der Waals surface area contributed by atoms with Gasteiger partial charge in [0, 0.05) is 0 Å². The molecule has 2 aromatic carbocycles. The number of amides is 1. The van der Waals surface area contributed by atoms with Crippen molar-refractivity contribution in [3.63, 3.8) is 0 Å². The Labute approximate surface area is 143 Å². The fourth-order valence-electron chi connectivity index (χ4n) is 2.51. The Hall–Kier alpha value is -2.49. The average molecular weight is 327 g/mol. The van der Waals surface area contributed by atoms with Gasteiger partial charge in [0.1, 0.15) is 18.1 Å². The highest BCUT2D eigenvalue weighted by Gasteiger charge is 2.05. The van der Waals surface area contributed by atoms with Crippen LogP contribution in [0.4, 0.5) is 0 Å². The standard InChI is InChI=1S/C20H25NO3/c1-4-17-7-5-6-8-19(17)24-14-20(22)21-9-10-23-18-12-15(2)11-16(3)13-18/h5-8,11-13H,4,9-10,14H2,1-3H3,(H,21,22). The first-order valence-electron chi connectivity index (χ1n) is 8.27. The topological polar surface area (TPSA) is 47.6 Å². The van der Waals surface area contributed by atoms with E-state index in [1.165, 1.54) is 0 Å². The van der Waals surface area contributed by atoms with Crippen LogP contribution >= 0.6 is 0 Å². The zero-order valence-corrected chi connectivity index (χ0v) is 14.6. The molecule has 0 radical (unpaired) electrons. The first-order chi connectivity index (χ1) is 11.6. The summed E-state index contributed by atoms with van der Waals surface area (Å²) in [5.41, 5.74) is 3.43. The minimum atomic E-state index is -0.148. The highest BCUT2D eigenvalue weighted by atomic mass is 16.5. The first kappa shape index (κ1) is 17.9. The largest absolute Gasteiger partial charge is 0.492 e. The summed E-state index contributed by atoms with van der Waals surface area (Å²) in [6.45, 7) is 7.03. The van der Waals surface area contributed by atoms with Crippen molar-refractivity contribution in [3.8, 4) is 11.5 Å². The number of hydrogen-bond donors (Lipinski definition) is 1. The van der Waals surface area contributed by atoms with Gasteiger partial charge in [0.05, 0.1) is 6.54 Å². The Bertz CT molecular complexity index is 662. The monoisotopic (exact) mass is 327 g/mol. The van der Waals surface area contributed by atoms with Crippen LogP contribution in [-0.4, -0.2) is 25.7 Å². The predicted octanol–water partition coefficient (Wildman–Crippen LogP) is 3.44. The van der Waals surface area contributed by atoms with E-state index in [2.05, 4.69) is 18.3 Å². The van der Waals surface area contributed by atoms with Crippen molar-refractivity contribution in [2.24, 2.45) is 0 Å². The predicted molar refractivity (Wildman–Crippen MR) is 95.7 cm³/mol. The lowest BCUT2D eigenvalue weighted by Gasteiger charge is -2.11. The van der Waals surface area contributed by atoms with E-state index >= 15 is 0 Å². The maximum absolute atomic E-state index is 11.8. The second-order valence-electron chi connectivity index (χ2n) is 5.77. The van der Waals surface area contributed by atoms with Crippen molar-refractivity contribution < 1.29 is 14.3 Å². The highest BCUT2D eigenvalue weighted by Crippen LogP contribution is 2.18. The Balaban J connectivity index is 1.70. The smallest absolute Gasteiger partial charge is 0.258 e. The number of hydrogen-bond acceptors (Lipinski definition) is 3. The van der Waals surface area contributed by atoms with Crippen LogP contribution in [0.1, 0.15) is 23.6 Å². The maximum atomic E-state index is 11.8. The molecule has 0 aliphatic heterocycles. The Morgan fingerprint density at radius 1 is 1.04 bits per heavy atom. The van der Waals surface area contributed by atoms with Crippen LogP contribution in [0, 0.1) is 13.8 Å². The van der Waals surface area contributed by atoms with E-state index in [4.69, 9.17) is 9.47 Å². The molecule has 2 rings (SSSR count). The van der Waals surface area contributed by atoms with Crippen LogP contribution in [0.15, 0.2) is 42.5 Å². The summed E-state index contributed by atoms with van der Waals surface area (Å²) < 4.78 is 11.2. The number of rotatable bonds is 8. The minimum Gasteiger partial charge on any atom is -0.492 e. The van der Waals surface area contributed by atoms with Gasteiger partial charge < -0.3 is 14.8 Å². The van der Waals surface area contributed by atoms with Gasteiger partial charge in [0.2, 0.25) is 0 Å². The molecular formula is C20H25NO3. The van der Waals surface area contributed by atoms with Gasteiger partial charge in [-0.15, -0.1) is 0 Å². The molecule has 0 fully saturated rings. The van der Waals surface area contributed by atoms with Gasteiger partial charge in [-0.1, -0.05) is 31.2 Å². The molecule has 128 valence electrons. The quantitative estimate of drug-likeness (QED) is 0.756. The molecule has 0 heterocycles. The molecular weight excluding hydrogens is 302 g/mol. The van der Waals surface area contributed by atoms with E-state index < -0.39 is 0 Å². The molecule has 0 aromatic heterocycles. The van der Waals surface area contributed by atoms with Gasteiger partial charge in [-0.2, -0.15) is 0 Å². The molecule has 1 N–H and O–H groups in total.